The molecule has 0 N–H and O–H groups in total. The number of rotatable bonds is 10. The molecule has 0 aliphatic heterocycles. The van der Waals surface area contributed by atoms with E-state index in [4.69, 9.17) is 0 Å². The van der Waals surface area contributed by atoms with Gasteiger partial charge >= 0.3 is 0 Å². The van der Waals surface area contributed by atoms with Crippen molar-refractivity contribution in [2.24, 2.45) is 0 Å². The first kappa shape index (κ1) is 49.4. The van der Waals surface area contributed by atoms with Gasteiger partial charge in [-0.25, -0.2) is 29.9 Å². The van der Waals surface area contributed by atoms with Crippen LogP contribution in [0.5, 0.6) is 0 Å². The molecule has 0 radical (unpaired) electrons. The van der Waals surface area contributed by atoms with Crippen LogP contribution in [0, 0.1) is 27.7 Å². The lowest BCUT2D eigenvalue weighted by Crippen LogP contribution is -2.17. The third kappa shape index (κ3) is 8.45. The highest BCUT2D eigenvalue weighted by molar-refractivity contribution is 5.90. The second kappa shape index (κ2) is 18.5. The zero-order valence-electron chi connectivity index (χ0n) is 46.6. The largest absolute Gasteiger partial charge is 0.279 e. The molecule has 2 aromatic heterocycles. The third-order valence-electron chi connectivity index (χ3n) is 16.8. The molecular formula is C71H62N8. The van der Waals surface area contributed by atoms with Gasteiger partial charge in [-0.2, -0.15) is 0 Å². The zero-order valence-corrected chi connectivity index (χ0v) is 46.6. The summed E-state index contributed by atoms with van der Waals surface area (Å²) in [6.45, 7) is 22.6. The highest BCUT2D eigenvalue weighted by Crippen LogP contribution is 2.54. The molecule has 0 saturated heterocycles. The Morgan fingerprint density at radius 3 is 0.823 bits per heavy atom. The summed E-state index contributed by atoms with van der Waals surface area (Å²) in [5.41, 5.74) is 28.6. The molecule has 8 aromatic carbocycles. The number of hydrogen-bond donors (Lipinski definition) is 0. The monoisotopic (exact) mass is 1030 g/mol. The fraction of sp³-hybridized carbons (Fsp3) is 0.183. The van der Waals surface area contributed by atoms with Crippen molar-refractivity contribution >= 4 is 59.0 Å². The first-order chi connectivity index (χ1) is 38.0. The Balaban J connectivity index is 0.733. The van der Waals surface area contributed by atoms with Gasteiger partial charge in [-0.1, -0.05) is 163 Å². The number of fused-ring (bicyclic) bond motifs is 9. The van der Waals surface area contributed by atoms with E-state index in [2.05, 4.69) is 279 Å². The molecule has 0 bridgehead atoms. The Hall–Kier alpha value is -9.14. The van der Waals surface area contributed by atoms with E-state index in [0.29, 0.717) is 11.9 Å². The second-order valence-electron chi connectivity index (χ2n) is 23.5. The predicted molar refractivity (Wildman–Crippen MR) is 325 cm³/mol. The topological polar surface area (TPSA) is 83.8 Å². The molecule has 0 spiro atoms. The summed E-state index contributed by atoms with van der Waals surface area (Å²) in [4.78, 5) is 30.9. The van der Waals surface area contributed by atoms with Crippen LogP contribution in [0.4, 0.5) is 34.6 Å². The maximum Gasteiger partial charge on any atom is 0.237 e. The smallest absolute Gasteiger partial charge is 0.237 e. The van der Waals surface area contributed by atoms with Crippen LogP contribution in [0.25, 0.3) is 57.7 Å². The molecule has 3 aliphatic carbocycles. The highest BCUT2D eigenvalue weighted by atomic mass is 15.3. The number of nitrogens with zero attached hydrogens (tertiary/aromatic N) is 8. The van der Waals surface area contributed by atoms with E-state index in [1.165, 1.54) is 111 Å². The SMILES string of the molecule is Cc1cc(C)cc(N(c2ccc3c(c2)C(C)(C)c2cc(/C=C/c4ccc5c(c4)C(C)(C)c4cc(/C=C/c6ccc7c(c6)C(C)(C)c6cc(N(c8cc(C)cc(C)c8)c8ncncn8)ccc6-7)ccc4-5)ccc2-3)c2ncncn2)c1. The van der Waals surface area contributed by atoms with Gasteiger partial charge in [0.15, 0.2) is 0 Å². The van der Waals surface area contributed by atoms with Gasteiger partial charge in [0.05, 0.1) is 0 Å². The molecule has 3 aliphatic rings. The maximum atomic E-state index is 4.60. The van der Waals surface area contributed by atoms with Crippen molar-refractivity contribution in [1.29, 1.82) is 0 Å². The van der Waals surface area contributed by atoms with Crippen LogP contribution < -0.4 is 9.80 Å². The van der Waals surface area contributed by atoms with Crippen molar-refractivity contribution in [2.75, 3.05) is 9.80 Å². The summed E-state index contributed by atoms with van der Waals surface area (Å²) in [6, 6.07) is 54.5. The van der Waals surface area contributed by atoms with E-state index < -0.39 is 0 Å². The summed E-state index contributed by atoms with van der Waals surface area (Å²) < 4.78 is 0. The van der Waals surface area contributed by atoms with Crippen molar-refractivity contribution in [1.82, 2.24) is 29.9 Å². The van der Waals surface area contributed by atoms with E-state index in [0.717, 1.165) is 22.7 Å². The van der Waals surface area contributed by atoms with Crippen molar-refractivity contribution < 1.29 is 0 Å². The Morgan fingerprint density at radius 1 is 0.291 bits per heavy atom. The van der Waals surface area contributed by atoms with Crippen molar-refractivity contribution in [3.05, 3.63) is 249 Å². The van der Waals surface area contributed by atoms with Crippen LogP contribution in [-0.4, -0.2) is 29.9 Å². The minimum absolute atomic E-state index is 0.169. The minimum atomic E-state index is -0.228. The molecule has 2 heterocycles. The Kier molecular flexibility index (Phi) is 11.6. The minimum Gasteiger partial charge on any atom is -0.279 e. The number of aromatic nitrogens is 6. The lowest BCUT2D eigenvalue weighted by atomic mass is 9.81. The van der Waals surface area contributed by atoms with Crippen molar-refractivity contribution in [2.45, 2.75) is 85.5 Å². The molecule has 0 saturated carbocycles. The van der Waals surface area contributed by atoms with Gasteiger partial charge in [0, 0.05) is 39.0 Å². The molecule has 10 aromatic rings. The highest BCUT2D eigenvalue weighted by Gasteiger charge is 2.39. The van der Waals surface area contributed by atoms with Gasteiger partial charge in [-0.3, -0.25) is 9.80 Å². The van der Waals surface area contributed by atoms with Gasteiger partial charge in [-0.15, -0.1) is 0 Å². The van der Waals surface area contributed by atoms with Crippen molar-refractivity contribution in [3.8, 4) is 33.4 Å². The standard InChI is InChI=1S/C71H62N8/c1-43-27-44(2)30-53(29-43)78(67-74-39-72-40-75-67)51-19-25-59-57-23-17-49(35-63(57)70(7,8)65(59)37-51)13-11-47-15-21-55-56-22-16-48(34-62(56)69(5,6)61(55)33-47)12-14-50-18-24-58-60-26-20-52(38-66(60)71(9,10)64(58)36-50)79(68-76-41-73-42-77-68)54-31-45(3)28-46(4)32-54/h11-42H,1-10H3/b13-11+,14-12+. The van der Waals surface area contributed by atoms with Gasteiger partial charge in [-0.05, 0) is 187 Å². The summed E-state index contributed by atoms with van der Waals surface area (Å²) in [5, 5.41) is 0. The number of hydrogen-bond acceptors (Lipinski definition) is 8. The number of aryl methyl sites for hydroxylation is 4. The lowest BCUT2D eigenvalue weighted by molar-refractivity contribution is 0.660. The summed E-state index contributed by atoms with van der Waals surface area (Å²) in [5.74, 6) is 1.18. The number of benzene rings is 8. The predicted octanol–water partition coefficient (Wildman–Crippen LogP) is 17.5. The van der Waals surface area contributed by atoms with Crippen LogP contribution in [0.15, 0.2) is 171 Å². The quantitative estimate of drug-likeness (QED) is 0.125. The van der Waals surface area contributed by atoms with E-state index in [1.54, 1.807) is 25.3 Å². The normalized spacial score (nSPS) is 14.7. The second-order valence-corrected chi connectivity index (χ2v) is 23.5. The van der Waals surface area contributed by atoms with Gasteiger partial charge in [0.2, 0.25) is 11.9 Å². The van der Waals surface area contributed by atoms with Gasteiger partial charge < -0.3 is 0 Å². The fourth-order valence-corrected chi connectivity index (χ4v) is 13.0. The molecule has 8 heteroatoms. The molecule has 13 rings (SSSR count). The fourth-order valence-electron chi connectivity index (χ4n) is 13.0. The van der Waals surface area contributed by atoms with Crippen LogP contribution in [-0.2, 0) is 16.2 Å². The first-order valence-corrected chi connectivity index (χ1v) is 27.3. The molecular weight excluding hydrogens is 965 g/mol. The molecule has 386 valence electrons. The van der Waals surface area contributed by atoms with Gasteiger partial charge in [0.25, 0.3) is 0 Å². The lowest BCUT2D eigenvalue weighted by Gasteiger charge is -2.27. The molecule has 0 unspecified atom stereocenters. The van der Waals surface area contributed by atoms with E-state index in [-0.39, 0.29) is 16.2 Å². The third-order valence-corrected chi connectivity index (χ3v) is 16.8. The molecule has 79 heavy (non-hydrogen) atoms. The van der Waals surface area contributed by atoms with Crippen LogP contribution in [0.1, 0.15) is 119 Å². The molecule has 0 amide bonds. The molecule has 0 fully saturated rings. The summed E-state index contributed by atoms with van der Waals surface area (Å²) in [6.07, 6.45) is 15.3. The maximum absolute atomic E-state index is 4.60. The zero-order chi connectivity index (χ0) is 54.5. The van der Waals surface area contributed by atoms with E-state index in [1.807, 2.05) is 0 Å². The Bertz CT molecular complexity index is 3860. The van der Waals surface area contributed by atoms with Gasteiger partial charge in [0.1, 0.15) is 25.3 Å². The van der Waals surface area contributed by atoms with Crippen LogP contribution in [0.2, 0.25) is 0 Å². The summed E-state index contributed by atoms with van der Waals surface area (Å²) >= 11 is 0. The first-order valence-electron chi connectivity index (χ1n) is 27.3. The Morgan fingerprint density at radius 2 is 0.544 bits per heavy atom. The average molecular weight is 1030 g/mol. The Labute approximate surface area is 464 Å². The molecule has 8 nitrogen and oxygen atoms in total. The number of anilines is 6. The van der Waals surface area contributed by atoms with Crippen molar-refractivity contribution in [3.63, 3.8) is 0 Å². The molecule has 0 atom stereocenters. The van der Waals surface area contributed by atoms with E-state index in [9.17, 15) is 0 Å². The van der Waals surface area contributed by atoms with Crippen LogP contribution in [0.3, 0.4) is 0 Å². The average Bonchev–Trinajstić information content (AvgIpc) is 3.79. The van der Waals surface area contributed by atoms with Crippen LogP contribution >= 0.6 is 0 Å². The summed E-state index contributed by atoms with van der Waals surface area (Å²) in [7, 11) is 0. The van der Waals surface area contributed by atoms with E-state index >= 15 is 0 Å².